The summed E-state index contributed by atoms with van der Waals surface area (Å²) in [7, 11) is -3.49. The highest BCUT2D eigenvalue weighted by Gasteiger charge is 2.26. The van der Waals surface area contributed by atoms with Gasteiger partial charge in [-0.05, 0) is 60.9 Å². The highest BCUT2D eigenvalue weighted by atomic mass is 32.2. The number of anilines is 1. The summed E-state index contributed by atoms with van der Waals surface area (Å²) in [6.07, 6.45) is 3.80. The second-order valence-corrected chi connectivity index (χ2v) is 10.7. The van der Waals surface area contributed by atoms with Crippen LogP contribution < -0.4 is 5.32 Å². The fourth-order valence-corrected chi connectivity index (χ4v) is 6.38. The van der Waals surface area contributed by atoms with Gasteiger partial charge in [0.15, 0.2) is 0 Å². The van der Waals surface area contributed by atoms with Crippen LogP contribution in [0.4, 0.5) is 5.69 Å². The van der Waals surface area contributed by atoms with Gasteiger partial charge in [-0.1, -0.05) is 12.5 Å². The van der Waals surface area contributed by atoms with Crippen molar-refractivity contribution in [1.82, 2.24) is 9.21 Å². The lowest BCUT2D eigenvalue weighted by Gasteiger charge is -2.28. The molecule has 0 unspecified atom stereocenters. The van der Waals surface area contributed by atoms with E-state index in [2.05, 4.69) is 16.8 Å². The maximum Gasteiger partial charge on any atom is 0.243 e. The van der Waals surface area contributed by atoms with Crippen LogP contribution in [0.3, 0.4) is 0 Å². The van der Waals surface area contributed by atoms with Gasteiger partial charge in [0, 0.05) is 36.7 Å². The number of hydrogen-bond acceptors (Lipinski definition) is 5. The maximum atomic E-state index is 13.0. The second-order valence-electron chi connectivity index (χ2n) is 7.73. The van der Waals surface area contributed by atoms with E-state index in [0.717, 1.165) is 37.8 Å². The molecule has 4 rings (SSSR count). The summed E-state index contributed by atoms with van der Waals surface area (Å²) in [6.45, 7) is 4.63. The highest BCUT2D eigenvalue weighted by Crippen LogP contribution is 2.26. The third-order valence-corrected chi connectivity index (χ3v) is 8.67. The highest BCUT2D eigenvalue weighted by molar-refractivity contribution is 7.89. The predicted molar refractivity (Wildman–Crippen MR) is 116 cm³/mol. The Bertz CT molecular complexity index is 994. The van der Waals surface area contributed by atoms with Gasteiger partial charge in [0.05, 0.1) is 11.4 Å². The summed E-state index contributed by atoms with van der Waals surface area (Å²) < 4.78 is 27.5. The van der Waals surface area contributed by atoms with Crippen LogP contribution in [-0.2, 0) is 27.8 Å². The summed E-state index contributed by atoms with van der Waals surface area (Å²) in [5.74, 6) is 0.0329. The van der Waals surface area contributed by atoms with Crippen molar-refractivity contribution in [3.63, 3.8) is 0 Å². The van der Waals surface area contributed by atoms with E-state index in [1.807, 2.05) is 17.9 Å². The topological polar surface area (TPSA) is 69.7 Å². The molecule has 0 spiro atoms. The molecular weight excluding hydrogens is 406 g/mol. The molecule has 1 saturated heterocycles. The number of carbonyl (C=O) groups is 1. The van der Waals surface area contributed by atoms with Crippen LogP contribution in [0, 0.1) is 6.92 Å². The van der Waals surface area contributed by atoms with E-state index in [-0.39, 0.29) is 12.5 Å². The minimum Gasteiger partial charge on any atom is -0.376 e. The number of piperidine rings is 1. The molecule has 1 fully saturated rings. The van der Waals surface area contributed by atoms with Crippen LogP contribution in [-0.4, -0.2) is 49.7 Å². The standard InChI is InChI=1S/C21H27N3O3S2/c1-16-5-6-18(29(26,27)24-9-3-2-4-10-24)13-19(16)22-14-21(25)23-11-7-20-17(15-23)8-12-28-20/h5-6,8,12-13,22H,2-4,7,9-11,14-15H2,1H3. The zero-order valence-corrected chi connectivity index (χ0v) is 18.3. The van der Waals surface area contributed by atoms with E-state index in [4.69, 9.17) is 0 Å². The molecule has 6 nitrogen and oxygen atoms in total. The molecule has 3 heterocycles. The largest absolute Gasteiger partial charge is 0.376 e. The Morgan fingerprint density at radius 1 is 1.14 bits per heavy atom. The third kappa shape index (κ3) is 4.34. The Morgan fingerprint density at radius 2 is 1.93 bits per heavy atom. The molecule has 29 heavy (non-hydrogen) atoms. The maximum absolute atomic E-state index is 13.0. The first-order valence-corrected chi connectivity index (χ1v) is 12.4. The average Bonchev–Trinajstić information content (AvgIpc) is 3.21. The number of aryl methyl sites for hydroxylation is 1. The number of sulfonamides is 1. The number of carbonyl (C=O) groups excluding carboxylic acids is 1. The zero-order valence-electron chi connectivity index (χ0n) is 16.7. The van der Waals surface area contributed by atoms with Crippen LogP contribution in [0.25, 0.3) is 0 Å². The predicted octanol–water partition coefficient (Wildman–Crippen LogP) is 3.23. The van der Waals surface area contributed by atoms with E-state index in [1.54, 1.807) is 27.8 Å². The molecule has 1 aromatic carbocycles. The number of amides is 1. The molecule has 2 aliphatic rings. The number of rotatable bonds is 5. The summed E-state index contributed by atoms with van der Waals surface area (Å²) in [5, 5.41) is 5.25. The van der Waals surface area contributed by atoms with Crippen molar-refractivity contribution >= 4 is 33.0 Å². The van der Waals surface area contributed by atoms with Gasteiger partial charge in [-0.2, -0.15) is 4.31 Å². The Morgan fingerprint density at radius 3 is 2.72 bits per heavy atom. The SMILES string of the molecule is Cc1ccc(S(=O)(=O)N2CCCCC2)cc1NCC(=O)N1CCc2sccc2C1. The van der Waals surface area contributed by atoms with Crippen molar-refractivity contribution in [2.75, 3.05) is 31.5 Å². The molecule has 8 heteroatoms. The van der Waals surface area contributed by atoms with Crippen molar-refractivity contribution in [2.45, 2.75) is 44.0 Å². The zero-order chi connectivity index (χ0) is 20.4. The van der Waals surface area contributed by atoms with Gasteiger partial charge in [0.1, 0.15) is 0 Å². The molecule has 2 aromatic rings. The van der Waals surface area contributed by atoms with Gasteiger partial charge in [-0.3, -0.25) is 4.79 Å². The Labute approximate surface area is 176 Å². The van der Waals surface area contributed by atoms with E-state index in [0.29, 0.717) is 30.2 Å². The van der Waals surface area contributed by atoms with Crippen molar-refractivity contribution in [3.8, 4) is 0 Å². The van der Waals surface area contributed by atoms with Gasteiger partial charge in [0.25, 0.3) is 0 Å². The summed E-state index contributed by atoms with van der Waals surface area (Å²) in [4.78, 5) is 16.2. The van der Waals surface area contributed by atoms with Gasteiger partial charge < -0.3 is 10.2 Å². The average molecular weight is 434 g/mol. The third-order valence-electron chi connectivity index (χ3n) is 5.75. The Balaban J connectivity index is 1.44. The fraction of sp³-hybridized carbons (Fsp3) is 0.476. The molecule has 1 amide bonds. The number of nitrogens with one attached hydrogen (secondary N) is 1. The fourth-order valence-electron chi connectivity index (χ4n) is 3.95. The smallest absolute Gasteiger partial charge is 0.243 e. The van der Waals surface area contributed by atoms with Crippen LogP contribution >= 0.6 is 11.3 Å². The second kappa shape index (κ2) is 8.45. The van der Waals surface area contributed by atoms with Crippen molar-refractivity contribution in [1.29, 1.82) is 0 Å². The van der Waals surface area contributed by atoms with E-state index in [1.165, 1.54) is 10.4 Å². The number of hydrogen-bond donors (Lipinski definition) is 1. The van der Waals surface area contributed by atoms with E-state index >= 15 is 0 Å². The normalized spacial score (nSPS) is 17.8. The molecular formula is C21H27N3O3S2. The quantitative estimate of drug-likeness (QED) is 0.786. The monoisotopic (exact) mass is 433 g/mol. The molecule has 2 aliphatic heterocycles. The number of benzene rings is 1. The minimum atomic E-state index is -3.49. The molecule has 1 aromatic heterocycles. The lowest BCUT2D eigenvalue weighted by atomic mass is 10.1. The van der Waals surface area contributed by atoms with E-state index in [9.17, 15) is 13.2 Å². The summed E-state index contributed by atoms with van der Waals surface area (Å²) in [6, 6.07) is 7.23. The first-order valence-electron chi connectivity index (χ1n) is 10.1. The van der Waals surface area contributed by atoms with Crippen molar-refractivity contribution in [3.05, 3.63) is 45.6 Å². The van der Waals surface area contributed by atoms with Crippen molar-refractivity contribution in [2.24, 2.45) is 0 Å². The van der Waals surface area contributed by atoms with Gasteiger partial charge >= 0.3 is 0 Å². The lowest BCUT2D eigenvalue weighted by molar-refractivity contribution is -0.130. The van der Waals surface area contributed by atoms with Gasteiger partial charge in [-0.25, -0.2) is 8.42 Å². The lowest BCUT2D eigenvalue weighted by Crippen LogP contribution is -2.39. The van der Waals surface area contributed by atoms with Crippen molar-refractivity contribution < 1.29 is 13.2 Å². The number of nitrogens with zero attached hydrogens (tertiary/aromatic N) is 2. The molecule has 0 atom stereocenters. The summed E-state index contributed by atoms with van der Waals surface area (Å²) in [5.41, 5.74) is 2.86. The van der Waals surface area contributed by atoms with Gasteiger partial charge in [0.2, 0.25) is 15.9 Å². The minimum absolute atomic E-state index is 0.0329. The van der Waals surface area contributed by atoms with Crippen LogP contribution in [0.5, 0.6) is 0 Å². The van der Waals surface area contributed by atoms with Gasteiger partial charge in [-0.15, -0.1) is 11.3 Å². The molecule has 1 N–H and O–H groups in total. The molecule has 0 bridgehead atoms. The van der Waals surface area contributed by atoms with Crippen LogP contribution in [0.2, 0.25) is 0 Å². The Kier molecular flexibility index (Phi) is 5.94. The van der Waals surface area contributed by atoms with E-state index < -0.39 is 10.0 Å². The first kappa shape index (κ1) is 20.4. The number of thiophene rings is 1. The molecule has 0 radical (unpaired) electrons. The molecule has 156 valence electrons. The first-order chi connectivity index (χ1) is 13.9. The summed E-state index contributed by atoms with van der Waals surface area (Å²) >= 11 is 1.75. The molecule has 0 saturated carbocycles. The van der Waals surface area contributed by atoms with Crippen LogP contribution in [0.1, 0.15) is 35.3 Å². The molecule has 0 aliphatic carbocycles. The number of fused-ring (bicyclic) bond motifs is 1. The Hall–Kier alpha value is -1.90. The van der Waals surface area contributed by atoms with Crippen LogP contribution in [0.15, 0.2) is 34.5 Å².